The molecule has 1 heterocycles. The van der Waals surface area contributed by atoms with Crippen LogP contribution in [0.2, 0.25) is 0 Å². The van der Waals surface area contributed by atoms with Gasteiger partial charge >= 0.3 is 0 Å². The average Bonchev–Trinajstić information content (AvgIpc) is 2.68. The lowest BCUT2D eigenvalue weighted by molar-refractivity contribution is 0.692. The molecule has 1 aromatic heterocycles. The zero-order valence-corrected chi connectivity index (χ0v) is 11.5. The molecule has 0 fully saturated rings. The summed E-state index contributed by atoms with van der Waals surface area (Å²) in [7, 11) is 0. The van der Waals surface area contributed by atoms with Gasteiger partial charge in [-0.05, 0) is 43.2 Å². The van der Waals surface area contributed by atoms with Crippen LogP contribution in [0.5, 0.6) is 0 Å². The summed E-state index contributed by atoms with van der Waals surface area (Å²) in [5.74, 6) is 0. The predicted molar refractivity (Wildman–Crippen MR) is 75.5 cm³/mol. The highest BCUT2D eigenvalue weighted by Gasteiger charge is 2.02. The first-order valence-electron chi connectivity index (χ1n) is 5.94. The Morgan fingerprint density at radius 3 is 2.72 bits per heavy atom. The van der Waals surface area contributed by atoms with E-state index in [1.165, 1.54) is 15.3 Å². The van der Waals surface area contributed by atoms with Crippen LogP contribution in [0, 0.1) is 25.2 Å². The van der Waals surface area contributed by atoms with E-state index in [0.717, 1.165) is 24.2 Å². The molecular weight excluding hydrogens is 240 g/mol. The standard InChI is InChI=1S/C15H16N2S/c1-11-6-15(12(2)18-11)10-17-9-14-5-3-4-13(7-14)8-16/h3-7,17H,9-10H2,1-2H3. The van der Waals surface area contributed by atoms with E-state index in [9.17, 15) is 0 Å². The summed E-state index contributed by atoms with van der Waals surface area (Å²) in [6.45, 7) is 5.97. The SMILES string of the molecule is Cc1cc(CNCc2cccc(C#N)c2)c(C)s1. The lowest BCUT2D eigenvalue weighted by Crippen LogP contribution is -2.12. The predicted octanol–water partition coefficient (Wildman–Crippen LogP) is 3.53. The van der Waals surface area contributed by atoms with Crippen molar-refractivity contribution in [3.05, 3.63) is 56.8 Å². The number of hydrogen-bond acceptors (Lipinski definition) is 3. The van der Waals surface area contributed by atoms with Crippen molar-refractivity contribution < 1.29 is 0 Å². The van der Waals surface area contributed by atoms with E-state index in [1.54, 1.807) is 0 Å². The van der Waals surface area contributed by atoms with Crippen LogP contribution in [0.4, 0.5) is 0 Å². The Morgan fingerprint density at radius 1 is 1.22 bits per heavy atom. The van der Waals surface area contributed by atoms with Gasteiger partial charge in [-0.15, -0.1) is 11.3 Å². The largest absolute Gasteiger partial charge is 0.309 e. The van der Waals surface area contributed by atoms with Crippen LogP contribution in [-0.4, -0.2) is 0 Å². The van der Waals surface area contributed by atoms with Crippen molar-refractivity contribution in [3.8, 4) is 6.07 Å². The summed E-state index contributed by atoms with van der Waals surface area (Å²) in [6.07, 6.45) is 0. The van der Waals surface area contributed by atoms with Crippen molar-refractivity contribution in [1.29, 1.82) is 5.26 Å². The molecule has 0 saturated heterocycles. The third-order valence-corrected chi connectivity index (χ3v) is 3.85. The van der Waals surface area contributed by atoms with Crippen molar-refractivity contribution in [3.63, 3.8) is 0 Å². The zero-order valence-electron chi connectivity index (χ0n) is 10.7. The fraction of sp³-hybridized carbons (Fsp3) is 0.267. The minimum Gasteiger partial charge on any atom is -0.309 e. The summed E-state index contributed by atoms with van der Waals surface area (Å²) in [4.78, 5) is 2.74. The molecule has 0 spiro atoms. The Kier molecular flexibility index (Phi) is 4.14. The van der Waals surface area contributed by atoms with Crippen LogP contribution < -0.4 is 5.32 Å². The molecule has 1 N–H and O–H groups in total. The number of nitrogens with zero attached hydrogens (tertiary/aromatic N) is 1. The van der Waals surface area contributed by atoms with Gasteiger partial charge < -0.3 is 5.32 Å². The third-order valence-electron chi connectivity index (χ3n) is 2.84. The molecule has 0 aliphatic rings. The summed E-state index contributed by atoms with van der Waals surface area (Å²) >= 11 is 1.84. The first kappa shape index (κ1) is 12.8. The molecule has 0 atom stereocenters. The summed E-state index contributed by atoms with van der Waals surface area (Å²) in [5, 5.41) is 12.3. The van der Waals surface area contributed by atoms with E-state index >= 15 is 0 Å². The molecule has 92 valence electrons. The molecule has 0 aliphatic carbocycles. The van der Waals surface area contributed by atoms with Gasteiger partial charge in [0.15, 0.2) is 0 Å². The molecule has 2 aromatic rings. The molecule has 0 radical (unpaired) electrons. The minimum absolute atomic E-state index is 0.719. The maximum Gasteiger partial charge on any atom is 0.0991 e. The minimum atomic E-state index is 0.719. The first-order valence-corrected chi connectivity index (χ1v) is 6.76. The van der Waals surface area contributed by atoms with E-state index in [-0.39, 0.29) is 0 Å². The van der Waals surface area contributed by atoms with Crippen LogP contribution in [0.3, 0.4) is 0 Å². The van der Waals surface area contributed by atoms with Crippen LogP contribution in [-0.2, 0) is 13.1 Å². The van der Waals surface area contributed by atoms with Crippen molar-refractivity contribution in [2.24, 2.45) is 0 Å². The number of hydrogen-bond donors (Lipinski definition) is 1. The molecule has 0 aliphatic heterocycles. The van der Waals surface area contributed by atoms with Gasteiger partial charge in [0.1, 0.15) is 0 Å². The Balaban J connectivity index is 1.92. The van der Waals surface area contributed by atoms with Crippen molar-refractivity contribution in [2.75, 3.05) is 0 Å². The van der Waals surface area contributed by atoms with E-state index in [4.69, 9.17) is 5.26 Å². The average molecular weight is 256 g/mol. The molecule has 0 amide bonds. The lowest BCUT2D eigenvalue weighted by atomic mass is 10.1. The second kappa shape index (κ2) is 5.81. The number of nitrogens with one attached hydrogen (secondary N) is 1. The van der Waals surface area contributed by atoms with Gasteiger partial charge in [0.25, 0.3) is 0 Å². The lowest BCUT2D eigenvalue weighted by Gasteiger charge is -2.05. The quantitative estimate of drug-likeness (QED) is 0.908. The highest BCUT2D eigenvalue weighted by molar-refractivity contribution is 7.12. The third kappa shape index (κ3) is 3.19. The van der Waals surface area contributed by atoms with Crippen LogP contribution in [0.25, 0.3) is 0 Å². The highest BCUT2D eigenvalue weighted by atomic mass is 32.1. The van der Waals surface area contributed by atoms with Gasteiger partial charge in [0.05, 0.1) is 11.6 Å². The van der Waals surface area contributed by atoms with E-state index in [2.05, 4.69) is 31.3 Å². The summed E-state index contributed by atoms with van der Waals surface area (Å²) in [5.41, 5.74) is 3.24. The van der Waals surface area contributed by atoms with Gasteiger partial charge in [0.2, 0.25) is 0 Å². The van der Waals surface area contributed by atoms with Gasteiger partial charge in [-0.25, -0.2) is 0 Å². The first-order chi connectivity index (χ1) is 8.69. The Hall–Kier alpha value is -1.63. The van der Waals surface area contributed by atoms with Gasteiger partial charge in [-0.2, -0.15) is 5.26 Å². The number of benzene rings is 1. The number of nitriles is 1. The van der Waals surface area contributed by atoms with Crippen LogP contribution >= 0.6 is 11.3 Å². The topological polar surface area (TPSA) is 35.8 Å². The van der Waals surface area contributed by atoms with Crippen LogP contribution in [0.1, 0.15) is 26.4 Å². The zero-order chi connectivity index (χ0) is 13.0. The Bertz CT molecular complexity index is 578. The summed E-state index contributed by atoms with van der Waals surface area (Å²) in [6, 6.07) is 12.1. The molecule has 2 rings (SSSR count). The fourth-order valence-electron chi connectivity index (χ4n) is 1.95. The summed E-state index contributed by atoms with van der Waals surface area (Å²) < 4.78 is 0. The van der Waals surface area contributed by atoms with E-state index < -0.39 is 0 Å². The van der Waals surface area contributed by atoms with Gasteiger partial charge in [-0.3, -0.25) is 0 Å². The Labute approximate surface area is 112 Å². The molecule has 3 heteroatoms. The van der Waals surface area contributed by atoms with Crippen LogP contribution in [0.15, 0.2) is 30.3 Å². The van der Waals surface area contributed by atoms with E-state index in [0.29, 0.717) is 0 Å². The second-order valence-electron chi connectivity index (χ2n) is 4.35. The van der Waals surface area contributed by atoms with Gasteiger partial charge in [0, 0.05) is 22.8 Å². The monoisotopic (exact) mass is 256 g/mol. The second-order valence-corrected chi connectivity index (χ2v) is 5.81. The molecular formula is C15H16N2S. The number of rotatable bonds is 4. The molecule has 0 saturated carbocycles. The molecule has 0 bridgehead atoms. The maximum absolute atomic E-state index is 8.84. The molecule has 18 heavy (non-hydrogen) atoms. The number of aryl methyl sites for hydroxylation is 2. The molecule has 1 aromatic carbocycles. The molecule has 0 unspecified atom stereocenters. The van der Waals surface area contributed by atoms with E-state index in [1.807, 2.05) is 35.6 Å². The number of thiophene rings is 1. The normalized spacial score (nSPS) is 10.3. The van der Waals surface area contributed by atoms with Gasteiger partial charge in [-0.1, -0.05) is 12.1 Å². The highest BCUT2D eigenvalue weighted by Crippen LogP contribution is 2.20. The van der Waals surface area contributed by atoms with Crippen molar-refractivity contribution in [1.82, 2.24) is 5.32 Å². The van der Waals surface area contributed by atoms with Crippen molar-refractivity contribution in [2.45, 2.75) is 26.9 Å². The maximum atomic E-state index is 8.84. The molecule has 2 nitrogen and oxygen atoms in total. The van der Waals surface area contributed by atoms with Crippen molar-refractivity contribution >= 4 is 11.3 Å². The smallest absolute Gasteiger partial charge is 0.0991 e. The Morgan fingerprint density at radius 2 is 2.06 bits per heavy atom. The fourth-order valence-corrected chi connectivity index (χ4v) is 2.90.